The maximum Gasteiger partial charge on any atom is 0.220 e. The van der Waals surface area contributed by atoms with Gasteiger partial charge in [-0.05, 0) is 18.8 Å². The Morgan fingerprint density at radius 1 is 1.50 bits per heavy atom. The van der Waals surface area contributed by atoms with Gasteiger partial charge in [-0.15, -0.1) is 0 Å². The van der Waals surface area contributed by atoms with Gasteiger partial charge >= 0.3 is 0 Å². The van der Waals surface area contributed by atoms with Crippen molar-refractivity contribution in [3.63, 3.8) is 0 Å². The number of piperidine rings is 2. The number of hydrogen-bond donors (Lipinski definition) is 1. The van der Waals surface area contributed by atoms with E-state index in [2.05, 4.69) is 10.2 Å². The molecule has 4 nitrogen and oxygen atoms in total. The van der Waals surface area contributed by atoms with Gasteiger partial charge in [0, 0.05) is 25.6 Å². The van der Waals surface area contributed by atoms with E-state index in [1.54, 1.807) is 0 Å². The van der Waals surface area contributed by atoms with Crippen molar-refractivity contribution in [1.29, 1.82) is 0 Å². The molecule has 4 heteroatoms. The predicted octanol–water partition coefficient (Wildman–Crippen LogP) is -0.214. The molecule has 0 aromatic carbocycles. The summed E-state index contributed by atoms with van der Waals surface area (Å²) in [7, 11) is 0. The molecule has 2 atom stereocenters. The zero-order chi connectivity index (χ0) is 9.97. The van der Waals surface area contributed by atoms with Crippen molar-refractivity contribution < 1.29 is 9.59 Å². The van der Waals surface area contributed by atoms with E-state index in [0.717, 1.165) is 32.2 Å². The standard InChI is InChI=1S/C10H16N2O2/c13-6-5-12-4-3-9-8(7-12)1-2-10(14)11-9/h6,8-9H,1-5,7H2,(H,11,14). The van der Waals surface area contributed by atoms with Gasteiger partial charge < -0.3 is 10.1 Å². The first-order chi connectivity index (χ1) is 6.79. The molecule has 0 spiro atoms. The highest BCUT2D eigenvalue weighted by atomic mass is 16.1. The molecule has 2 rings (SSSR count). The lowest BCUT2D eigenvalue weighted by molar-refractivity contribution is -0.125. The molecule has 14 heavy (non-hydrogen) atoms. The fourth-order valence-corrected chi connectivity index (χ4v) is 2.46. The normalized spacial score (nSPS) is 33.3. The monoisotopic (exact) mass is 196 g/mol. The van der Waals surface area contributed by atoms with Crippen molar-refractivity contribution in [2.45, 2.75) is 25.3 Å². The third-order valence-corrected chi connectivity index (χ3v) is 3.24. The fourth-order valence-electron chi connectivity index (χ4n) is 2.46. The fraction of sp³-hybridized carbons (Fsp3) is 0.800. The Balaban J connectivity index is 1.91. The summed E-state index contributed by atoms with van der Waals surface area (Å²) in [6.45, 7) is 2.43. The van der Waals surface area contributed by atoms with E-state index < -0.39 is 0 Å². The first kappa shape index (κ1) is 9.65. The molecule has 2 aliphatic heterocycles. The molecule has 0 aliphatic carbocycles. The average Bonchev–Trinajstić information content (AvgIpc) is 2.19. The summed E-state index contributed by atoms with van der Waals surface area (Å²) in [6, 6.07) is 0.360. The van der Waals surface area contributed by atoms with E-state index in [1.165, 1.54) is 0 Å². The van der Waals surface area contributed by atoms with Crippen LogP contribution in [0.3, 0.4) is 0 Å². The van der Waals surface area contributed by atoms with Crippen LogP contribution in [-0.4, -0.2) is 42.8 Å². The molecular formula is C10H16N2O2. The first-order valence-electron chi connectivity index (χ1n) is 5.25. The molecule has 78 valence electrons. The SMILES string of the molecule is O=CCN1CCC2NC(=O)CCC2C1. The number of rotatable bonds is 2. The molecule has 2 fully saturated rings. The third kappa shape index (κ3) is 1.95. The van der Waals surface area contributed by atoms with Crippen LogP contribution in [0.4, 0.5) is 0 Å². The van der Waals surface area contributed by atoms with Crippen molar-refractivity contribution in [2.75, 3.05) is 19.6 Å². The molecule has 0 radical (unpaired) electrons. The van der Waals surface area contributed by atoms with E-state index in [9.17, 15) is 9.59 Å². The lowest BCUT2D eigenvalue weighted by atomic mass is 9.85. The Bertz CT molecular complexity index is 242. The molecule has 1 amide bonds. The minimum absolute atomic E-state index is 0.190. The Morgan fingerprint density at radius 3 is 3.14 bits per heavy atom. The highest BCUT2D eigenvalue weighted by Crippen LogP contribution is 2.24. The number of carbonyl (C=O) groups excluding carboxylic acids is 2. The number of nitrogens with one attached hydrogen (secondary N) is 1. The van der Waals surface area contributed by atoms with Crippen LogP contribution in [0.15, 0.2) is 0 Å². The summed E-state index contributed by atoms with van der Waals surface area (Å²) in [5.74, 6) is 0.747. The molecule has 2 unspecified atom stereocenters. The Morgan fingerprint density at radius 2 is 2.36 bits per heavy atom. The first-order valence-corrected chi connectivity index (χ1v) is 5.25. The van der Waals surface area contributed by atoms with Crippen molar-refractivity contribution >= 4 is 12.2 Å². The maximum atomic E-state index is 11.1. The number of nitrogens with zero attached hydrogens (tertiary/aromatic N) is 1. The van der Waals surface area contributed by atoms with Crippen LogP contribution in [-0.2, 0) is 9.59 Å². The van der Waals surface area contributed by atoms with Gasteiger partial charge in [0.1, 0.15) is 6.29 Å². The Hall–Kier alpha value is -0.900. The average molecular weight is 196 g/mol. The van der Waals surface area contributed by atoms with Gasteiger partial charge in [-0.2, -0.15) is 0 Å². The zero-order valence-corrected chi connectivity index (χ0v) is 8.24. The van der Waals surface area contributed by atoms with Gasteiger partial charge in [0.15, 0.2) is 0 Å². The zero-order valence-electron chi connectivity index (χ0n) is 8.24. The number of aldehydes is 1. The number of amides is 1. The quantitative estimate of drug-likeness (QED) is 0.621. The minimum atomic E-state index is 0.190. The van der Waals surface area contributed by atoms with Crippen LogP contribution >= 0.6 is 0 Å². The second-order valence-corrected chi connectivity index (χ2v) is 4.19. The van der Waals surface area contributed by atoms with Gasteiger partial charge in [0.2, 0.25) is 5.91 Å². The van der Waals surface area contributed by atoms with E-state index >= 15 is 0 Å². The van der Waals surface area contributed by atoms with Crippen molar-refractivity contribution in [1.82, 2.24) is 10.2 Å². The van der Waals surface area contributed by atoms with E-state index in [-0.39, 0.29) is 5.91 Å². The summed E-state index contributed by atoms with van der Waals surface area (Å²) in [5.41, 5.74) is 0. The highest BCUT2D eigenvalue weighted by molar-refractivity contribution is 5.77. The predicted molar refractivity (Wildman–Crippen MR) is 51.8 cm³/mol. The second-order valence-electron chi connectivity index (χ2n) is 4.19. The summed E-state index contributed by atoms with van der Waals surface area (Å²) >= 11 is 0. The van der Waals surface area contributed by atoms with Crippen molar-refractivity contribution in [2.24, 2.45) is 5.92 Å². The van der Waals surface area contributed by atoms with Gasteiger partial charge in [-0.1, -0.05) is 0 Å². The molecule has 2 saturated heterocycles. The third-order valence-electron chi connectivity index (χ3n) is 3.24. The van der Waals surface area contributed by atoms with E-state index in [4.69, 9.17) is 0 Å². The van der Waals surface area contributed by atoms with Crippen LogP contribution in [0.2, 0.25) is 0 Å². The molecule has 2 aliphatic rings. The summed E-state index contributed by atoms with van der Waals surface area (Å²) < 4.78 is 0. The highest BCUT2D eigenvalue weighted by Gasteiger charge is 2.33. The van der Waals surface area contributed by atoms with Gasteiger partial charge in [0.25, 0.3) is 0 Å². The summed E-state index contributed by atoms with van der Waals surface area (Å²) in [5, 5.41) is 3.03. The summed E-state index contributed by atoms with van der Waals surface area (Å²) in [6.07, 6.45) is 3.58. The van der Waals surface area contributed by atoms with Crippen molar-refractivity contribution in [3.05, 3.63) is 0 Å². The molecule has 0 aromatic heterocycles. The minimum Gasteiger partial charge on any atom is -0.353 e. The molecule has 0 saturated carbocycles. The Kier molecular flexibility index (Phi) is 2.82. The number of likely N-dealkylation sites (tertiary alicyclic amines) is 1. The molecule has 1 N–H and O–H groups in total. The van der Waals surface area contributed by atoms with E-state index in [0.29, 0.717) is 24.9 Å². The number of carbonyl (C=O) groups is 2. The van der Waals surface area contributed by atoms with Gasteiger partial charge in [-0.3, -0.25) is 9.69 Å². The van der Waals surface area contributed by atoms with E-state index in [1.807, 2.05) is 0 Å². The Labute approximate surface area is 83.6 Å². The smallest absolute Gasteiger partial charge is 0.220 e. The molecule has 0 aromatic rings. The van der Waals surface area contributed by atoms with Crippen LogP contribution in [0.5, 0.6) is 0 Å². The van der Waals surface area contributed by atoms with Crippen LogP contribution in [0, 0.1) is 5.92 Å². The lowest BCUT2D eigenvalue weighted by Crippen LogP contribution is -2.54. The topological polar surface area (TPSA) is 49.4 Å². The summed E-state index contributed by atoms with van der Waals surface area (Å²) in [4.78, 5) is 23.7. The number of hydrogen-bond acceptors (Lipinski definition) is 3. The van der Waals surface area contributed by atoms with Crippen LogP contribution in [0.25, 0.3) is 0 Å². The molecular weight excluding hydrogens is 180 g/mol. The van der Waals surface area contributed by atoms with Gasteiger partial charge in [-0.25, -0.2) is 0 Å². The van der Waals surface area contributed by atoms with Gasteiger partial charge in [0.05, 0.1) is 6.54 Å². The molecule has 2 heterocycles. The van der Waals surface area contributed by atoms with Crippen LogP contribution in [0.1, 0.15) is 19.3 Å². The second kappa shape index (κ2) is 4.09. The van der Waals surface area contributed by atoms with Crippen molar-refractivity contribution in [3.8, 4) is 0 Å². The maximum absolute atomic E-state index is 11.1. The van der Waals surface area contributed by atoms with Crippen LogP contribution < -0.4 is 5.32 Å². The lowest BCUT2D eigenvalue weighted by Gasteiger charge is -2.40. The largest absolute Gasteiger partial charge is 0.353 e. The molecule has 0 bridgehead atoms. The number of fused-ring (bicyclic) bond motifs is 1.